The van der Waals surface area contributed by atoms with Crippen LogP contribution in [0.1, 0.15) is 32.3 Å². The molecule has 1 rings (SSSR count). The molecule has 0 saturated carbocycles. The van der Waals surface area contributed by atoms with Crippen LogP contribution in [0, 0.1) is 5.92 Å². The van der Waals surface area contributed by atoms with E-state index in [1.54, 1.807) is 0 Å². The van der Waals surface area contributed by atoms with Gasteiger partial charge in [-0.15, -0.1) is 0 Å². The summed E-state index contributed by atoms with van der Waals surface area (Å²) in [7, 11) is 0. The highest BCUT2D eigenvalue weighted by Gasteiger charge is 2.07. The van der Waals surface area contributed by atoms with Crippen molar-refractivity contribution in [3.8, 4) is 0 Å². The lowest BCUT2D eigenvalue weighted by molar-refractivity contribution is -0.117. The van der Waals surface area contributed by atoms with Crippen LogP contribution in [0.5, 0.6) is 0 Å². The molecule has 1 aromatic rings. The van der Waals surface area contributed by atoms with Crippen LogP contribution in [0.3, 0.4) is 0 Å². The maximum absolute atomic E-state index is 11.7. The molecule has 16 heavy (non-hydrogen) atoms. The molecule has 0 heterocycles. The Balaban J connectivity index is 2.55. The third-order valence-electron chi connectivity index (χ3n) is 2.60. The van der Waals surface area contributed by atoms with E-state index in [9.17, 15) is 4.79 Å². The van der Waals surface area contributed by atoms with Crippen molar-refractivity contribution in [2.45, 2.75) is 32.0 Å². The summed E-state index contributed by atoms with van der Waals surface area (Å²) in [4.78, 5) is 11.7. The molecule has 1 atom stereocenters. The number of benzene rings is 1. The number of carbonyl (C=O) groups excluding carboxylic acids is 1. The van der Waals surface area contributed by atoms with Gasteiger partial charge < -0.3 is 5.32 Å². The van der Waals surface area contributed by atoms with Crippen LogP contribution >= 0.6 is 15.9 Å². The van der Waals surface area contributed by atoms with Crippen LogP contribution in [0.4, 0.5) is 5.69 Å². The van der Waals surface area contributed by atoms with E-state index in [0.29, 0.717) is 12.3 Å². The summed E-state index contributed by atoms with van der Waals surface area (Å²) < 4.78 is 0. The molecule has 0 radical (unpaired) electrons. The van der Waals surface area contributed by atoms with Crippen LogP contribution < -0.4 is 5.32 Å². The third-order valence-corrected chi connectivity index (χ3v) is 3.24. The summed E-state index contributed by atoms with van der Waals surface area (Å²) in [6, 6.07) is 7.89. The maximum Gasteiger partial charge on any atom is 0.224 e. The average Bonchev–Trinajstić information content (AvgIpc) is 2.28. The molecule has 0 saturated heterocycles. The smallest absolute Gasteiger partial charge is 0.224 e. The molecule has 0 aliphatic rings. The predicted molar refractivity (Wildman–Crippen MR) is 71.8 cm³/mol. The second kappa shape index (κ2) is 6.69. The van der Waals surface area contributed by atoms with Crippen molar-refractivity contribution in [2.24, 2.45) is 5.92 Å². The molecule has 3 heteroatoms. The van der Waals surface area contributed by atoms with Gasteiger partial charge in [0.25, 0.3) is 0 Å². The van der Waals surface area contributed by atoms with E-state index in [2.05, 4.69) is 35.1 Å². The monoisotopic (exact) mass is 283 g/mol. The van der Waals surface area contributed by atoms with E-state index in [1.807, 2.05) is 24.3 Å². The molecule has 1 unspecified atom stereocenters. The zero-order valence-corrected chi connectivity index (χ0v) is 11.4. The van der Waals surface area contributed by atoms with Crippen molar-refractivity contribution < 1.29 is 4.79 Å². The molecule has 0 aliphatic heterocycles. The Labute approximate surface area is 106 Å². The van der Waals surface area contributed by atoms with Crippen LogP contribution in [-0.2, 0) is 10.1 Å². The number of halogens is 1. The molecule has 1 aromatic carbocycles. The van der Waals surface area contributed by atoms with E-state index in [-0.39, 0.29) is 5.91 Å². The van der Waals surface area contributed by atoms with E-state index in [0.717, 1.165) is 17.4 Å². The van der Waals surface area contributed by atoms with Gasteiger partial charge in [-0.05, 0) is 23.6 Å². The Morgan fingerprint density at radius 1 is 1.50 bits per heavy atom. The van der Waals surface area contributed by atoms with E-state index >= 15 is 0 Å². The second-order valence-corrected chi connectivity index (χ2v) is 4.66. The number of hydrogen-bond donors (Lipinski definition) is 1. The van der Waals surface area contributed by atoms with Gasteiger partial charge in [0, 0.05) is 17.4 Å². The quantitative estimate of drug-likeness (QED) is 0.815. The van der Waals surface area contributed by atoms with Crippen LogP contribution in [-0.4, -0.2) is 5.91 Å². The van der Waals surface area contributed by atoms with Crippen LogP contribution in [0.2, 0.25) is 0 Å². The Kier molecular flexibility index (Phi) is 5.53. The molecule has 2 nitrogen and oxygen atoms in total. The number of hydrogen-bond acceptors (Lipinski definition) is 1. The van der Waals surface area contributed by atoms with E-state index in [4.69, 9.17) is 0 Å². The summed E-state index contributed by atoms with van der Waals surface area (Å²) in [5.74, 6) is 0.542. The molecule has 88 valence electrons. The van der Waals surface area contributed by atoms with Gasteiger partial charge in [0.2, 0.25) is 5.91 Å². The molecule has 0 aromatic heterocycles. The summed E-state index contributed by atoms with van der Waals surface area (Å²) in [6.45, 7) is 4.19. The molecule has 0 spiro atoms. The van der Waals surface area contributed by atoms with Crippen molar-refractivity contribution in [1.82, 2.24) is 0 Å². The molecular formula is C13H18BrNO. The van der Waals surface area contributed by atoms with Gasteiger partial charge in [-0.2, -0.15) is 0 Å². The zero-order valence-electron chi connectivity index (χ0n) is 9.79. The molecule has 1 amide bonds. The summed E-state index contributed by atoms with van der Waals surface area (Å²) in [5, 5.41) is 3.73. The standard InChI is InChI=1S/C13H18BrNO/c1-3-10(2)7-13(16)15-12-6-4-5-11(8-12)9-14/h4-6,8,10H,3,7,9H2,1-2H3,(H,15,16). The highest BCUT2D eigenvalue weighted by Crippen LogP contribution is 2.14. The predicted octanol–water partition coefficient (Wildman–Crippen LogP) is 3.96. The number of rotatable bonds is 5. The number of alkyl halides is 1. The van der Waals surface area contributed by atoms with Crippen LogP contribution in [0.15, 0.2) is 24.3 Å². The topological polar surface area (TPSA) is 29.1 Å². The molecule has 0 aliphatic carbocycles. The van der Waals surface area contributed by atoms with Crippen molar-refractivity contribution in [3.05, 3.63) is 29.8 Å². The number of nitrogens with one attached hydrogen (secondary N) is 1. The molecule has 0 bridgehead atoms. The van der Waals surface area contributed by atoms with Gasteiger partial charge in [0.1, 0.15) is 0 Å². The van der Waals surface area contributed by atoms with Gasteiger partial charge in [-0.3, -0.25) is 4.79 Å². The van der Waals surface area contributed by atoms with Gasteiger partial charge in [0.05, 0.1) is 0 Å². The largest absolute Gasteiger partial charge is 0.326 e. The van der Waals surface area contributed by atoms with Crippen molar-refractivity contribution in [2.75, 3.05) is 5.32 Å². The van der Waals surface area contributed by atoms with Crippen molar-refractivity contribution >= 4 is 27.5 Å². The fourth-order valence-electron chi connectivity index (χ4n) is 1.41. The second-order valence-electron chi connectivity index (χ2n) is 4.10. The van der Waals surface area contributed by atoms with Gasteiger partial charge in [-0.25, -0.2) is 0 Å². The lowest BCUT2D eigenvalue weighted by Gasteiger charge is -2.09. The molecule has 1 N–H and O–H groups in total. The third kappa shape index (κ3) is 4.35. The van der Waals surface area contributed by atoms with E-state index in [1.165, 1.54) is 5.56 Å². The summed E-state index contributed by atoms with van der Waals surface area (Å²) >= 11 is 3.40. The first-order chi connectivity index (χ1) is 7.65. The zero-order chi connectivity index (χ0) is 12.0. The minimum absolute atomic E-state index is 0.0982. The van der Waals surface area contributed by atoms with Gasteiger partial charge in [0.15, 0.2) is 0 Å². The molecule has 0 fully saturated rings. The minimum atomic E-state index is 0.0982. The lowest BCUT2D eigenvalue weighted by atomic mass is 10.0. The lowest BCUT2D eigenvalue weighted by Crippen LogP contribution is -2.14. The highest BCUT2D eigenvalue weighted by molar-refractivity contribution is 9.08. The maximum atomic E-state index is 11.7. The highest BCUT2D eigenvalue weighted by atomic mass is 79.9. The minimum Gasteiger partial charge on any atom is -0.326 e. The molecular weight excluding hydrogens is 266 g/mol. The average molecular weight is 284 g/mol. The first kappa shape index (κ1) is 13.2. The fourth-order valence-corrected chi connectivity index (χ4v) is 1.75. The van der Waals surface area contributed by atoms with E-state index < -0.39 is 0 Å². The Morgan fingerprint density at radius 2 is 2.25 bits per heavy atom. The number of amides is 1. The number of anilines is 1. The first-order valence-electron chi connectivity index (χ1n) is 5.60. The van der Waals surface area contributed by atoms with Gasteiger partial charge in [-0.1, -0.05) is 48.3 Å². The Morgan fingerprint density at radius 3 is 2.88 bits per heavy atom. The normalized spacial score (nSPS) is 12.2. The Hall–Kier alpha value is -0.830. The SMILES string of the molecule is CCC(C)CC(=O)Nc1cccc(CBr)c1. The summed E-state index contributed by atoms with van der Waals surface area (Å²) in [6.07, 6.45) is 1.63. The summed E-state index contributed by atoms with van der Waals surface area (Å²) in [5.41, 5.74) is 2.05. The Bertz CT molecular complexity index is 352. The van der Waals surface area contributed by atoms with Crippen molar-refractivity contribution in [1.29, 1.82) is 0 Å². The van der Waals surface area contributed by atoms with Crippen LogP contribution in [0.25, 0.3) is 0 Å². The first-order valence-corrected chi connectivity index (χ1v) is 6.72. The van der Waals surface area contributed by atoms with Crippen molar-refractivity contribution in [3.63, 3.8) is 0 Å². The fraction of sp³-hybridized carbons (Fsp3) is 0.462. The number of carbonyl (C=O) groups is 1. The van der Waals surface area contributed by atoms with Gasteiger partial charge >= 0.3 is 0 Å².